The van der Waals surface area contributed by atoms with Crippen LogP contribution in [0.2, 0.25) is 5.02 Å². The van der Waals surface area contributed by atoms with Crippen molar-refractivity contribution in [3.05, 3.63) is 41.3 Å². The molecular weight excluding hydrogens is 312 g/mol. The summed E-state index contributed by atoms with van der Waals surface area (Å²) >= 11 is 5.98. The molecule has 7 heteroatoms. The van der Waals surface area contributed by atoms with Crippen molar-refractivity contribution in [2.45, 2.75) is 6.92 Å². The third-order valence-corrected chi connectivity index (χ3v) is 4.26. The first kappa shape index (κ1) is 14.4. The van der Waals surface area contributed by atoms with E-state index in [1.54, 1.807) is 0 Å². The minimum Gasteiger partial charge on any atom is -0.353 e. The van der Waals surface area contributed by atoms with E-state index in [9.17, 15) is 0 Å². The fourth-order valence-corrected chi connectivity index (χ4v) is 3.01. The van der Waals surface area contributed by atoms with E-state index in [1.807, 2.05) is 42.1 Å². The molecule has 0 amide bonds. The van der Waals surface area contributed by atoms with E-state index in [1.165, 1.54) is 0 Å². The molecule has 23 heavy (non-hydrogen) atoms. The molecule has 1 aliphatic rings. The van der Waals surface area contributed by atoms with Crippen molar-refractivity contribution in [1.29, 1.82) is 0 Å². The molecule has 3 heterocycles. The van der Waals surface area contributed by atoms with E-state index in [4.69, 9.17) is 11.6 Å². The highest BCUT2D eigenvalue weighted by Crippen LogP contribution is 2.26. The molecule has 1 N–H and O–H groups in total. The zero-order valence-corrected chi connectivity index (χ0v) is 13.6. The summed E-state index contributed by atoms with van der Waals surface area (Å²) < 4.78 is 1.84. The Hall–Kier alpha value is -2.18. The number of benzene rings is 1. The van der Waals surface area contributed by atoms with Crippen LogP contribution < -0.4 is 10.2 Å². The van der Waals surface area contributed by atoms with Crippen molar-refractivity contribution in [2.24, 2.45) is 0 Å². The minimum absolute atomic E-state index is 0.706. The summed E-state index contributed by atoms with van der Waals surface area (Å²) in [6, 6.07) is 7.60. The van der Waals surface area contributed by atoms with Gasteiger partial charge in [0.2, 0.25) is 0 Å². The fraction of sp³-hybridized carbons (Fsp3) is 0.312. The molecule has 0 atom stereocenters. The second-order valence-electron chi connectivity index (χ2n) is 5.60. The highest BCUT2D eigenvalue weighted by Gasteiger charge is 2.19. The average Bonchev–Trinajstić information content (AvgIpc) is 2.99. The lowest BCUT2D eigenvalue weighted by Gasteiger charge is -2.28. The van der Waals surface area contributed by atoms with Gasteiger partial charge in [-0.3, -0.25) is 0 Å². The number of nitrogens with zero attached hydrogens (tertiary/aromatic N) is 5. The molecule has 1 saturated heterocycles. The van der Waals surface area contributed by atoms with Crippen LogP contribution in [0.4, 0.5) is 5.82 Å². The van der Waals surface area contributed by atoms with Crippen LogP contribution in [0, 0.1) is 6.92 Å². The van der Waals surface area contributed by atoms with Gasteiger partial charge in [-0.05, 0) is 31.2 Å². The van der Waals surface area contributed by atoms with Gasteiger partial charge in [-0.1, -0.05) is 11.6 Å². The van der Waals surface area contributed by atoms with Gasteiger partial charge >= 0.3 is 0 Å². The van der Waals surface area contributed by atoms with Crippen molar-refractivity contribution < 1.29 is 0 Å². The summed E-state index contributed by atoms with van der Waals surface area (Å²) in [6.07, 6.45) is 1.85. The zero-order chi connectivity index (χ0) is 15.8. The predicted octanol–water partition coefficient (Wildman–Crippen LogP) is 2.19. The van der Waals surface area contributed by atoms with Crippen molar-refractivity contribution in [3.63, 3.8) is 0 Å². The molecule has 3 aromatic rings. The SMILES string of the molecule is Cc1nc(N2CCNCC2)c2cnn(-c3ccc(Cl)cc3)c2n1. The van der Waals surface area contributed by atoms with E-state index < -0.39 is 0 Å². The highest BCUT2D eigenvalue weighted by molar-refractivity contribution is 6.30. The van der Waals surface area contributed by atoms with Crippen LogP contribution in [0.25, 0.3) is 16.7 Å². The van der Waals surface area contributed by atoms with E-state index in [2.05, 4.69) is 25.3 Å². The molecule has 1 aromatic carbocycles. The van der Waals surface area contributed by atoms with Crippen molar-refractivity contribution in [2.75, 3.05) is 31.1 Å². The normalized spacial score (nSPS) is 15.3. The van der Waals surface area contributed by atoms with Gasteiger partial charge < -0.3 is 10.2 Å². The average molecular weight is 329 g/mol. The maximum atomic E-state index is 5.98. The number of nitrogens with one attached hydrogen (secondary N) is 1. The largest absolute Gasteiger partial charge is 0.353 e. The summed E-state index contributed by atoms with van der Waals surface area (Å²) in [5.41, 5.74) is 1.77. The smallest absolute Gasteiger partial charge is 0.168 e. The molecule has 0 saturated carbocycles. The topological polar surface area (TPSA) is 58.9 Å². The van der Waals surface area contributed by atoms with E-state index in [0.29, 0.717) is 5.02 Å². The molecule has 1 aliphatic heterocycles. The Labute approximate surface area is 139 Å². The zero-order valence-electron chi connectivity index (χ0n) is 12.8. The summed E-state index contributed by atoms with van der Waals surface area (Å²) in [7, 11) is 0. The first-order chi connectivity index (χ1) is 11.2. The Morgan fingerprint density at radius 3 is 2.57 bits per heavy atom. The van der Waals surface area contributed by atoms with Gasteiger partial charge in [-0.15, -0.1) is 0 Å². The number of rotatable bonds is 2. The van der Waals surface area contributed by atoms with Gasteiger partial charge in [0, 0.05) is 31.2 Å². The Balaban J connectivity index is 1.85. The number of aryl methyl sites for hydroxylation is 1. The molecule has 6 nitrogen and oxygen atoms in total. The second kappa shape index (κ2) is 5.79. The molecule has 1 fully saturated rings. The number of piperazine rings is 1. The first-order valence-corrected chi connectivity index (χ1v) is 8.04. The molecule has 0 aliphatic carbocycles. The third-order valence-electron chi connectivity index (χ3n) is 4.01. The van der Waals surface area contributed by atoms with Gasteiger partial charge in [-0.25, -0.2) is 14.6 Å². The monoisotopic (exact) mass is 328 g/mol. The highest BCUT2D eigenvalue weighted by atomic mass is 35.5. The molecule has 0 spiro atoms. The number of fused-ring (bicyclic) bond motifs is 1. The molecule has 2 aromatic heterocycles. The van der Waals surface area contributed by atoms with E-state index in [-0.39, 0.29) is 0 Å². The van der Waals surface area contributed by atoms with Crippen LogP contribution in [-0.4, -0.2) is 45.9 Å². The van der Waals surface area contributed by atoms with Crippen molar-refractivity contribution in [1.82, 2.24) is 25.1 Å². The second-order valence-corrected chi connectivity index (χ2v) is 6.04. The predicted molar refractivity (Wildman–Crippen MR) is 91.5 cm³/mol. The summed E-state index contributed by atoms with van der Waals surface area (Å²) in [5, 5.41) is 9.57. The van der Waals surface area contributed by atoms with Crippen LogP contribution in [0.5, 0.6) is 0 Å². The number of halogens is 1. The number of anilines is 1. The van der Waals surface area contributed by atoms with Gasteiger partial charge in [0.25, 0.3) is 0 Å². The Morgan fingerprint density at radius 2 is 1.83 bits per heavy atom. The van der Waals surface area contributed by atoms with Crippen LogP contribution >= 0.6 is 11.6 Å². The fourth-order valence-electron chi connectivity index (χ4n) is 2.89. The Kier molecular flexibility index (Phi) is 3.63. The summed E-state index contributed by atoms with van der Waals surface area (Å²) in [4.78, 5) is 11.6. The summed E-state index contributed by atoms with van der Waals surface area (Å²) in [5.74, 6) is 1.72. The van der Waals surface area contributed by atoms with Crippen LogP contribution in [-0.2, 0) is 0 Å². The van der Waals surface area contributed by atoms with E-state index >= 15 is 0 Å². The van der Waals surface area contributed by atoms with Crippen LogP contribution in [0.1, 0.15) is 5.82 Å². The van der Waals surface area contributed by atoms with Gasteiger partial charge in [0.1, 0.15) is 11.6 Å². The lowest BCUT2D eigenvalue weighted by atomic mass is 10.3. The number of hydrogen-bond acceptors (Lipinski definition) is 5. The Morgan fingerprint density at radius 1 is 1.09 bits per heavy atom. The third kappa shape index (κ3) is 2.64. The minimum atomic E-state index is 0.706. The van der Waals surface area contributed by atoms with Crippen LogP contribution in [0.15, 0.2) is 30.5 Å². The summed E-state index contributed by atoms with van der Waals surface area (Å²) in [6.45, 7) is 5.74. The number of aromatic nitrogens is 4. The van der Waals surface area contributed by atoms with Gasteiger partial charge in [-0.2, -0.15) is 5.10 Å². The molecule has 118 valence electrons. The Bertz CT molecular complexity index is 836. The first-order valence-electron chi connectivity index (χ1n) is 7.66. The molecule has 0 radical (unpaired) electrons. The van der Waals surface area contributed by atoms with Crippen LogP contribution in [0.3, 0.4) is 0 Å². The number of hydrogen-bond donors (Lipinski definition) is 1. The quantitative estimate of drug-likeness (QED) is 0.781. The lowest BCUT2D eigenvalue weighted by Crippen LogP contribution is -2.44. The molecule has 4 rings (SSSR count). The van der Waals surface area contributed by atoms with Gasteiger partial charge in [0.15, 0.2) is 5.65 Å². The maximum Gasteiger partial charge on any atom is 0.168 e. The molecular formula is C16H17ClN6. The van der Waals surface area contributed by atoms with E-state index in [0.717, 1.165) is 54.5 Å². The maximum absolute atomic E-state index is 5.98. The lowest BCUT2D eigenvalue weighted by molar-refractivity contribution is 0.585. The molecule has 0 unspecified atom stereocenters. The molecule has 0 bridgehead atoms. The van der Waals surface area contributed by atoms with Crippen molar-refractivity contribution in [3.8, 4) is 5.69 Å². The van der Waals surface area contributed by atoms with Gasteiger partial charge in [0.05, 0.1) is 17.3 Å². The van der Waals surface area contributed by atoms with Crippen molar-refractivity contribution >= 4 is 28.5 Å². The standard InChI is InChI=1S/C16H17ClN6/c1-11-20-15(22-8-6-18-7-9-22)14-10-19-23(16(14)21-11)13-4-2-12(17)3-5-13/h2-5,10,18H,6-9H2,1H3.